The van der Waals surface area contributed by atoms with Gasteiger partial charge in [-0.3, -0.25) is 4.72 Å². The molecule has 0 unspecified atom stereocenters. The molecule has 1 aromatic carbocycles. The van der Waals surface area contributed by atoms with Crippen molar-refractivity contribution in [2.75, 3.05) is 11.0 Å². The van der Waals surface area contributed by atoms with Gasteiger partial charge in [-0.15, -0.1) is 0 Å². The Morgan fingerprint density at radius 3 is 2.00 bits per heavy atom. The molecule has 0 aliphatic rings. The maximum absolute atomic E-state index is 11.0. The average molecular weight is 199 g/mol. The Kier molecular flexibility index (Phi) is 2.61. The molecule has 0 fully saturated rings. The molecule has 3 nitrogen and oxygen atoms in total. The van der Waals surface area contributed by atoms with Crippen molar-refractivity contribution >= 4 is 15.7 Å². The fraction of sp³-hybridized carbons (Fsp3) is 0.333. The van der Waals surface area contributed by atoms with Gasteiger partial charge in [-0.2, -0.15) is 0 Å². The zero-order valence-corrected chi connectivity index (χ0v) is 8.77. The van der Waals surface area contributed by atoms with Gasteiger partial charge in [0.1, 0.15) is 0 Å². The number of hydrogen-bond donors (Lipinski definition) is 1. The van der Waals surface area contributed by atoms with Crippen LogP contribution in [0.2, 0.25) is 0 Å². The summed E-state index contributed by atoms with van der Waals surface area (Å²) in [5.41, 5.74) is 2.56. The van der Waals surface area contributed by atoms with Gasteiger partial charge in [-0.25, -0.2) is 8.42 Å². The van der Waals surface area contributed by atoms with Crippen molar-refractivity contribution in [3.05, 3.63) is 29.3 Å². The number of para-hydroxylation sites is 1. The predicted octanol–water partition coefficient (Wildman–Crippen LogP) is 1.67. The monoisotopic (exact) mass is 199 g/mol. The number of benzene rings is 1. The molecule has 0 radical (unpaired) electrons. The minimum absolute atomic E-state index is 0.685. The Morgan fingerprint density at radius 1 is 1.15 bits per heavy atom. The Balaban J connectivity index is 3.15. The number of rotatable bonds is 2. The summed E-state index contributed by atoms with van der Waals surface area (Å²) in [5, 5.41) is 0. The van der Waals surface area contributed by atoms with Crippen LogP contribution in [-0.2, 0) is 10.0 Å². The summed E-state index contributed by atoms with van der Waals surface area (Å²) in [6, 6.07) is 5.65. The molecular weight excluding hydrogens is 186 g/mol. The number of sulfonamides is 1. The van der Waals surface area contributed by atoms with E-state index in [1.807, 2.05) is 32.0 Å². The van der Waals surface area contributed by atoms with Gasteiger partial charge in [0.15, 0.2) is 0 Å². The zero-order valence-electron chi connectivity index (χ0n) is 7.96. The molecular formula is C9H13NO2S. The lowest BCUT2D eigenvalue weighted by Crippen LogP contribution is -2.11. The van der Waals surface area contributed by atoms with Crippen molar-refractivity contribution in [3.8, 4) is 0 Å². The second-order valence-electron chi connectivity index (χ2n) is 3.14. The summed E-state index contributed by atoms with van der Waals surface area (Å²) in [6.07, 6.45) is 1.15. The van der Waals surface area contributed by atoms with Crippen LogP contribution in [0.3, 0.4) is 0 Å². The van der Waals surface area contributed by atoms with Crippen molar-refractivity contribution in [1.82, 2.24) is 0 Å². The topological polar surface area (TPSA) is 46.2 Å². The third-order valence-electron chi connectivity index (χ3n) is 1.77. The van der Waals surface area contributed by atoms with E-state index in [4.69, 9.17) is 0 Å². The van der Waals surface area contributed by atoms with Crippen LogP contribution in [0.1, 0.15) is 11.1 Å². The summed E-state index contributed by atoms with van der Waals surface area (Å²) in [5.74, 6) is 0. The van der Waals surface area contributed by atoms with Gasteiger partial charge in [0.2, 0.25) is 10.0 Å². The molecule has 0 aliphatic carbocycles. The second-order valence-corrected chi connectivity index (χ2v) is 4.89. The average Bonchev–Trinajstić information content (AvgIpc) is 1.95. The van der Waals surface area contributed by atoms with Crippen LogP contribution in [0.5, 0.6) is 0 Å². The largest absolute Gasteiger partial charge is 0.283 e. The van der Waals surface area contributed by atoms with E-state index in [9.17, 15) is 8.42 Å². The summed E-state index contributed by atoms with van der Waals surface area (Å²) in [6.45, 7) is 3.75. The first kappa shape index (κ1) is 10.1. The SMILES string of the molecule is Cc1cccc(C)c1NS(C)(=O)=O. The molecule has 0 aliphatic heterocycles. The third-order valence-corrected chi connectivity index (χ3v) is 2.34. The fourth-order valence-corrected chi connectivity index (χ4v) is 1.85. The van der Waals surface area contributed by atoms with Crippen LogP contribution in [0.15, 0.2) is 18.2 Å². The highest BCUT2D eigenvalue weighted by Gasteiger charge is 2.06. The van der Waals surface area contributed by atoms with E-state index in [2.05, 4.69) is 4.72 Å². The molecule has 72 valence electrons. The van der Waals surface area contributed by atoms with Crippen LogP contribution in [0, 0.1) is 13.8 Å². The zero-order chi connectivity index (χ0) is 10.1. The van der Waals surface area contributed by atoms with E-state index in [0.29, 0.717) is 5.69 Å². The van der Waals surface area contributed by atoms with Gasteiger partial charge in [0.05, 0.1) is 11.9 Å². The number of aryl methyl sites for hydroxylation is 2. The van der Waals surface area contributed by atoms with Crippen molar-refractivity contribution in [3.63, 3.8) is 0 Å². The Bertz CT molecular complexity index is 389. The molecule has 0 atom stereocenters. The van der Waals surface area contributed by atoms with Gasteiger partial charge >= 0.3 is 0 Å². The smallest absolute Gasteiger partial charge is 0.229 e. The van der Waals surface area contributed by atoms with Crippen LogP contribution in [0.4, 0.5) is 5.69 Å². The lowest BCUT2D eigenvalue weighted by atomic mass is 10.1. The minimum atomic E-state index is -3.17. The standard InChI is InChI=1S/C9H13NO2S/c1-7-5-4-6-8(2)9(7)10-13(3,11)12/h4-6,10H,1-3H3. The molecule has 13 heavy (non-hydrogen) atoms. The number of nitrogens with one attached hydrogen (secondary N) is 1. The van der Waals surface area contributed by atoms with E-state index in [1.54, 1.807) is 0 Å². The van der Waals surface area contributed by atoms with E-state index >= 15 is 0 Å². The Hall–Kier alpha value is -1.03. The van der Waals surface area contributed by atoms with Gasteiger partial charge in [0, 0.05) is 0 Å². The molecule has 1 rings (SSSR count). The quantitative estimate of drug-likeness (QED) is 0.787. The normalized spacial score (nSPS) is 11.3. The third kappa shape index (κ3) is 2.73. The van der Waals surface area contributed by atoms with Crippen molar-refractivity contribution in [1.29, 1.82) is 0 Å². The maximum atomic E-state index is 11.0. The summed E-state index contributed by atoms with van der Waals surface area (Å²) >= 11 is 0. The lowest BCUT2D eigenvalue weighted by molar-refractivity contribution is 0.606. The summed E-state index contributed by atoms with van der Waals surface area (Å²) in [7, 11) is -3.17. The summed E-state index contributed by atoms with van der Waals surface area (Å²) < 4.78 is 24.5. The highest BCUT2D eigenvalue weighted by atomic mass is 32.2. The van der Waals surface area contributed by atoms with Crippen LogP contribution >= 0.6 is 0 Å². The van der Waals surface area contributed by atoms with Crippen LogP contribution in [-0.4, -0.2) is 14.7 Å². The first-order valence-electron chi connectivity index (χ1n) is 3.94. The van der Waals surface area contributed by atoms with Crippen LogP contribution in [0.25, 0.3) is 0 Å². The van der Waals surface area contributed by atoms with Crippen LogP contribution < -0.4 is 4.72 Å². The molecule has 1 aromatic rings. The van der Waals surface area contributed by atoms with E-state index in [-0.39, 0.29) is 0 Å². The van der Waals surface area contributed by atoms with E-state index in [1.165, 1.54) is 0 Å². The van der Waals surface area contributed by atoms with E-state index in [0.717, 1.165) is 17.4 Å². The lowest BCUT2D eigenvalue weighted by Gasteiger charge is -2.10. The van der Waals surface area contributed by atoms with Crippen molar-refractivity contribution in [2.45, 2.75) is 13.8 Å². The molecule has 4 heteroatoms. The molecule has 1 N–H and O–H groups in total. The molecule has 0 amide bonds. The highest BCUT2D eigenvalue weighted by molar-refractivity contribution is 7.92. The van der Waals surface area contributed by atoms with Gasteiger partial charge in [-0.05, 0) is 25.0 Å². The maximum Gasteiger partial charge on any atom is 0.229 e. The first-order chi connectivity index (χ1) is 5.90. The van der Waals surface area contributed by atoms with Gasteiger partial charge in [0.25, 0.3) is 0 Å². The molecule has 0 heterocycles. The number of hydrogen-bond acceptors (Lipinski definition) is 2. The predicted molar refractivity (Wildman–Crippen MR) is 54.4 cm³/mol. The van der Waals surface area contributed by atoms with Gasteiger partial charge in [-0.1, -0.05) is 18.2 Å². The van der Waals surface area contributed by atoms with Crippen molar-refractivity contribution in [2.24, 2.45) is 0 Å². The Labute approximate surface area is 78.8 Å². The highest BCUT2D eigenvalue weighted by Crippen LogP contribution is 2.19. The van der Waals surface area contributed by atoms with Crippen molar-refractivity contribution < 1.29 is 8.42 Å². The summed E-state index contributed by atoms with van der Waals surface area (Å²) in [4.78, 5) is 0. The number of anilines is 1. The fourth-order valence-electron chi connectivity index (χ4n) is 1.16. The first-order valence-corrected chi connectivity index (χ1v) is 5.83. The molecule has 0 aromatic heterocycles. The molecule has 0 bridgehead atoms. The van der Waals surface area contributed by atoms with Gasteiger partial charge < -0.3 is 0 Å². The molecule has 0 spiro atoms. The Morgan fingerprint density at radius 2 is 1.62 bits per heavy atom. The van der Waals surface area contributed by atoms with E-state index < -0.39 is 10.0 Å². The second kappa shape index (κ2) is 3.38. The molecule has 0 saturated heterocycles. The molecule has 0 saturated carbocycles. The minimum Gasteiger partial charge on any atom is -0.283 e.